The minimum Gasteiger partial charge on any atom is -0.344 e. The zero-order valence-corrected chi connectivity index (χ0v) is 9.31. The van der Waals surface area contributed by atoms with Crippen molar-refractivity contribution in [3.63, 3.8) is 0 Å². The van der Waals surface area contributed by atoms with Gasteiger partial charge in [-0.3, -0.25) is 9.48 Å². The largest absolute Gasteiger partial charge is 0.344 e. The second-order valence-corrected chi connectivity index (χ2v) is 3.44. The zero-order chi connectivity index (χ0) is 11.1. The van der Waals surface area contributed by atoms with Gasteiger partial charge in [-0.25, -0.2) is 0 Å². The Morgan fingerprint density at radius 2 is 2.40 bits per heavy atom. The first-order valence-corrected chi connectivity index (χ1v) is 5.10. The van der Waals surface area contributed by atoms with E-state index in [0.717, 1.165) is 13.1 Å². The number of hydrogen-bond donors (Lipinski definition) is 1. The zero-order valence-electron chi connectivity index (χ0n) is 9.31. The van der Waals surface area contributed by atoms with Crippen LogP contribution in [-0.4, -0.2) is 47.8 Å². The van der Waals surface area contributed by atoms with Crippen LogP contribution in [0.4, 0.5) is 0 Å². The fourth-order valence-corrected chi connectivity index (χ4v) is 1.23. The number of carbonyl (C=O) groups is 1. The highest BCUT2D eigenvalue weighted by atomic mass is 16.2. The molecule has 0 aliphatic heterocycles. The van der Waals surface area contributed by atoms with Gasteiger partial charge in [0.2, 0.25) is 5.91 Å². The van der Waals surface area contributed by atoms with E-state index in [4.69, 9.17) is 0 Å². The summed E-state index contributed by atoms with van der Waals surface area (Å²) in [7, 11) is 3.67. The summed E-state index contributed by atoms with van der Waals surface area (Å²) in [5.74, 6) is 0.163. The van der Waals surface area contributed by atoms with Crippen molar-refractivity contribution >= 4 is 5.91 Å². The van der Waals surface area contributed by atoms with Crippen molar-refractivity contribution < 1.29 is 4.79 Å². The van der Waals surface area contributed by atoms with E-state index in [1.165, 1.54) is 0 Å². The first kappa shape index (κ1) is 11.7. The lowest BCUT2D eigenvalue weighted by Crippen LogP contribution is -2.31. The molecular formula is C10H18N4O. The molecule has 0 unspecified atom stereocenters. The fourth-order valence-electron chi connectivity index (χ4n) is 1.23. The summed E-state index contributed by atoms with van der Waals surface area (Å²) in [5.41, 5.74) is 0. The molecule has 0 saturated carbocycles. The lowest BCUT2D eigenvalue weighted by Gasteiger charge is -2.16. The SMILES string of the molecule is CNCCC(=O)N(C)CCn1cccn1. The Morgan fingerprint density at radius 1 is 1.60 bits per heavy atom. The Balaban J connectivity index is 2.23. The molecule has 0 saturated heterocycles. The van der Waals surface area contributed by atoms with Crippen molar-refractivity contribution in [3.8, 4) is 0 Å². The molecule has 1 N–H and O–H groups in total. The van der Waals surface area contributed by atoms with Crippen LogP contribution in [0.1, 0.15) is 6.42 Å². The monoisotopic (exact) mass is 210 g/mol. The number of rotatable bonds is 6. The van der Waals surface area contributed by atoms with Gasteiger partial charge in [-0.05, 0) is 13.1 Å². The van der Waals surface area contributed by atoms with Crippen LogP contribution in [0.3, 0.4) is 0 Å². The summed E-state index contributed by atoms with van der Waals surface area (Å²) in [6, 6.07) is 1.88. The summed E-state index contributed by atoms with van der Waals surface area (Å²) < 4.78 is 1.82. The number of nitrogens with one attached hydrogen (secondary N) is 1. The summed E-state index contributed by atoms with van der Waals surface area (Å²) in [5, 5.41) is 7.03. The predicted molar refractivity (Wildman–Crippen MR) is 58.4 cm³/mol. The van der Waals surface area contributed by atoms with Crippen LogP contribution in [0.5, 0.6) is 0 Å². The molecule has 0 aliphatic rings. The molecule has 1 aromatic rings. The third kappa shape index (κ3) is 4.12. The number of carbonyl (C=O) groups excluding carboxylic acids is 1. The molecule has 84 valence electrons. The quantitative estimate of drug-likeness (QED) is 0.716. The van der Waals surface area contributed by atoms with Crippen LogP contribution in [-0.2, 0) is 11.3 Å². The summed E-state index contributed by atoms with van der Waals surface area (Å²) >= 11 is 0. The van der Waals surface area contributed by atoms with Gasteiger partial charge in [0, 0.05) is 39.0 Å². The van der Waals surface area contributed by atoms with Gasteiger partial charge >= 0.3 is 0 Å². The maximum Gasteiger partial charge on any atom is 0.223 e. The molecule has 0 bridgehead atoms. The Kier molecular flexibility index (Phi) is 4.83. The molecular weight excluding hydrogens is 192 g/mol. The molecule has 1 amide bonds. The molecule has 1 aromatic heterocycles. The highest BCUT2D eigenvalue weighted by Gasteiger charge is 2.07. The lowest BCUT2D eigenvalue weighted by molar-refractivity contribution is -0.129. The van der Waals surface area contributed by atoms with Crippen LogP contribution in [0.25, 0.3) is 0 Å². The summed E-state index contributed by atoms with van der Waals surface area (Å²) in [6.07, 6.45) is 4.18. The highest BCUT2D eigenvalue weighted by molar-refractivity contribution is 5.75. The number of nitrogens with zero attached hydrogens (tertiary/aromatic N) is 3. The molecule has 5 nitrogen and oxygen atoms in total. The summed E-state index contributed by atoms with van der Waals surface area (Å²) in [6.45, 7) is 2.17. The van der Waals surface area contributed by atoms with Gasteiger partial charge < -0.3 is 10.2 Å². The second-order valence-electron chi connectivity index (χ2n) is 3.44. The molecule has 0 spiro atoms. The molecule has 0 atom stereocenters. The van der Waals surface area contributed by atoms with E-state index in [9.17, 15) is 4.79 Å². The third-order valence-electron chi connectivity index (χ3n) is 2.24. The van der Waals surface area contributed by atoms with Crippen LogP contribution in [0, 0.1) is 0 Å². The van der Waals surface area contributed by atoms with Crippen LogP contribution >= 0.6 is 0 Å². The third-order valence-corrected chi connectivity index (χ3v) is 2.24. The molecule has 1 heterocycles. The van der Waals surface area contributed by atoms with Gasteiger partial charge in [-0.15, -0.1) is 0 Å². The maximum atomic E-state index is 11.5. The van der Waals surface area contributed by atoms with E-state index in [1.54, 1.807) is 11.1 Å². The highest BCUT2D eigenvalue weighted by Crippen LogP contribution is 1.92. The molecule has 1 rings (SSSR count). The minimum atomic E-state index is 0.163. The van der Waals surface area contributed by atoms with E-state index < -0.39 is 0 Å². The Hall–Kier alpha value is -1.36. The van der Waals surface area contributed by atoms with E-state index in [0.29, 0.717) is 13.0 Å². The standard InChI is InChI=1S/C10H18N4O/c1-11-6-4-10(15)13(2)8-9-14-7-3-5-12-14/h3,5,7,11H,4,6,8-9H2,1-2H3. The molecule has 0 radical (unpaired) electrons. The van der Waals surface area contributed by atoms with Crippen LogP contribution < -0.4 is 5.32 Å². The van der Waals surface area contributed by atoms with E-state index in [-0.39, 0.29) is 5.91 Å². The van der Waals surface area contributed by atoms with Gasteiger partial charge in [0.05, 0.1) is 6.54 Å². The smallest absolute Gasteiger partial charge is 0.223 e. The van der Waals surface area contributed by atoms with E-state index in [1.807, 2.05) is 31.0 Å². The number of likely N-dealkylation sites (N-methyl/N-ethyl adjacent to an activating group) is 1. The second kappa shape index (κ2) is 6.19. The van der Waals surface area contributed by atoms with Gasteiger partial charge in [0.15, 0.2) is 0 Å². The first-order chi connectivity index (χ1) is 7.24. The summed E-state index contributed by atoms with van der Waals surface area (Å²) in [4.78, 5) is 13.3. The molecule has 0 aliphatic carbocycles. The van der Waals surface area contributed by atoms with Crippen molar-refractivity contribution in [1.82, 2.24) is 20.0 Å². The normalized spacial score (nSPS) is 10.3. The number of amides is 1. The average molecular weight is 210 g/mol. The molecule has 5 heteroatoms. The van der Waals surface area contributed by atoms with Crippen LogP contribution in [0.2, 0.25) is 0 Å². The van der Waals surface area contributed by atoms with Gasteiger partial charge in [-0.2, -0.15) is 5.10 Å². The molecule has 0 aromatic carbocycles. The predicted octanol–water partition coefficient (Wildman–Crippen LogP) is -0.0490. The first-order valence-electron chi connectivity index (χ1n) is 5.10. The minimum absolute atomic E-state index is 0.163. The maximum absolute atomic E-state index is 11.5. The number of hydrogen-bond acceptors (Lipinski definition) is 3. The van der Waals surface area contributed by atoms with Crippen molar-refractivity contribution in [2.75, 3.05) is 27.2 Å². The average Bonchev–Trinajstić information content (AvgIpc) is 2.75. The van der Waals surface area contributed by atoms with Crippen molar-refractivity contribution in [3.05, 3.63) is 18.5 Å². The van der Waals surface area contributed by atoms with Gasteiger partial charge in [-0.1, -0.05) is 0 Å². The Labute approximate surface area is 90.1 Å². The lowest BCUT2D eigenvalue weighted by atomic mass is 10.3. The molecule has 0 fully saturated rings. The fraction of sp³-hybridized carbons (Fsp3) is 0.600. The van der Waals surface area contributed by atoms with E-state index in [2.05, 4.69) is 10.4 Å². The number of aromatic nitrogens is 2. The van der Waals surface area contributed by atoms with Gasteiger partial charge in [0.1, 0.15) is 0 Å². The van der Waals surface area contributed by atoms with Crippen molar-refractivity contribution in [2.45, 2.75) is 13.0 Å². The Bertz CT molecular complexity index is 284. The van der Waals surface area contributed by atoms with E-state index >= 15 is 0 Å². The Morgan fingerprint density at radius 3 is 3.00 bits per heavy atom. The van der Waals surface area contributed by atoms with Gasteiger partial charge in [0.25, 0.3) is 0 Å². The van der Waals surface area contributed by atoms with Crippen molar-refractivity contribution in [1.29, 1.82) is 0 Å². The van der Waals surface area contributed by atoms with Crippen LogP contribution in [0.15, 0.2) is 18.5 Å². The molecule has 15 heavy (non-hydrogen) atoms. The topological polar surface area (TPSA) is 50.2 Å². The van der Waals surface area contributed by atoms with Crippen molar-refractivity contribution in [2.24, 2.45) is 0 Å².